The fraction of sp³-hybridized carbons (Fsp3) is 0.174. The molecule has 3 aromatic rings. The maximum Gasteiger partial charge on any atom is 0.265 e. The molecule has 0 atom stereocenters. The predicted molar refractivity (Wildman–Crippen MR) is 121 cm³/mol. The average molecular weight is 455 g/mol. The van der Waals surface area contributed by atoms with Crippen LogP contribution in [0.5, 0.6) is 23.0 Å². The first-order valence-corrected chi connectivity index (χ1v) is 11.2. The van der Waals surface area contributed by atoms with Crippen molar-refractivity contribution in [3.63, 3.8) is 0 Å². The fourth-order valence-corrected chi connectivity index (χ4v) is 4.64. The lowest BCUT2D eigenvalue weighted by Gasteiger charge is -2.17. The van der Waals surface area contributed by atoms with E-state index < -0.39 is 10.0 Å². The van der Waals surface area contributed by atoms with Gasteiger partial charge in [0.2, 0.25) is 0 Å². The second kappa shape index (κ2) is 8.08. The van der Waals surface area contributed by atoms with Gasteiger partial charge in [-0.05, 0) is 55.0 Å². The Morgan fingerprint density at radius 3 is 2.41 bits per heavy atom. The summed E-state index contributed by atoms with van der Waals surface area (Å²) in [7, 11) is 0.503. The molecule has 0 aliphatic carbocycles. The van der Waals surface area contributed by atoms with Crippen molar-refractivity contribution >= 4 is 27.3 Å². The van der Waals surface area contributed by atoms with Gasteiger partial charge in [-0.25, -0.2) is 8.42 Å². The van der Waals surface area contributed by atoms with Crippen molar-refractivity contribution in [3.8, 4) is 23.0 Å². The molecule has 0 unspecified atom stereocenters. The van der Waals surface area contributed by atoms with E-state index in [1.54, 1.807) is 25.2 Å². The molecule has 8 nitrogen and oxygen atoms in total. The summed E-state index contributed by atoms with van der Waals surface area (Å²) in [5.41, 5.74) is 2.08. The van der Waals surface area contributed by atoms with E-state index in [9.17, 15) is 13.2 Å². The zero-order chi connectivity index (χ0) is 23.0. The van der Waals surface area contributed by atoms with E-state index in [1.807, 2.05) is 19.1 Å². The molecule has 0 bridgehead atoms. The van der Waals surface area contributed by atoms with Crippen LogP contribution in [0.3, 0.4) is 0 Å². The van der Waals surface area contributed by atoms with E-state index in [0.717, 1.165) is 5.56 Å². The molecule has 0 aromatic heterocycles. The van der Waals surface area contributed by atoms with Crippen LogP contribution in [0.4, 0.5) is 11.4 Å². The lowest BCUT2D eigenvalue weighted by atomic mass is 10.1. The van der Waals surface area contributed by atoms with Crippen LogP contribution in [0.15, 0.2) is 59.5 Å². The average Bonchev–Trinajstić information content (AvgIpc) is 2.88. The topological polar surface area (TPSA) is 94.2 Å². The Balaban J connectivity index is 1.70. The second-order valence-electron chi connectivity index (χ2n) is 7.27. The fourth-order valence-electron chi connectivity index (χ4n) is 3.44. The van der Waals surface area contributed by atoms with E-state index in [-0.39, 0.29) is 27.8 Å². The number of ether oxygens (including phenoxy) is 3. The normalized spacial score (nSPS) is 12.9. The summed E-state index contributed by atoms with van der Waals surface area (Å²) in [6, 6.07) is 14.5. The molecule has 0 saturated carbocycles. The Morgan fingerprint density at radius 2 is 1.69 bits per heavy atom. The van der Waals surface area contributed by atoms with Gasteiger partial charge >= 0.3 is 0 Å². The van der Waals surface area contributed by atoms with Crippen LogP contribution in [0.2, 0.25) is 0 Å². The molecule has 4 rings (SSSR count). The molecule has 166 valence electrons. The molecule has 0 spiro atoms. The molecule has 0 saturated heterocycles. The summed E-state index contributed by atoms with van der Waals surface area (Å²) in [5, 5.41) is 0. The minimum absolute atomic E-state index is 0.0571. The first kappa shape index (κ1) is 21.5. The number of nitrogens with one attached hydrogen (secondary N) is 1. The highest BCUT2D eigenvalue weighted by atomic mass is 32.2. The van der Waals surface area contributed by atoms with Gasteiger partial charge < -0.3 is 19.1 Å². The summed E-state index contributed by atoms with van der Waals surface area (Å²) < 4.78 is 44.8. The molecule has 1 aliphatic rings. The van der Waals surface area contributed by atoms with Gasteiger partial charge in [-0.15, -0.1) is 0 Å². The van der Waals surface area contributed by atoms with Crippen molar-refractivity contribution in [2.45, 2.75) is 11.8 Å². The number of aryl methyl sites for hydroxylation is 1. The number of carbonyl (C=O) groups excluding carboxylic acids is 1. The van der Waals surface area contributed by atoms with Crippen molar-refractivity contribution in [3.05, 3.63) is 65.7 Å². The molecule has 9 heteroatoms. The van der Waals surface area contributed by atoms with Gasteiger partial charge in [0.15, 0.2) is 5.75 Å². The number of anilines is 2. The standard InChI is InChI=1S/C23H22N2O6S/c1-14-5-8-20-18(11-14)25(2)23(26)17-12-15(6-9-19(17)31-20)24-32(27,28)22-10-7-16(29-3)13-21(22)30-4/h5-13,24H,1-4H3. The Labute approximate surface area is 186 Å². The Morgan fingerprint density at radius 1 is 0.938 bits per heavy atom. The zero-order valence-electron chi connectivity index (χ0n) is 18.0. The van der Waals surface area contributed by atoms with Gasteiger partial charge in [0, 0.05) is 18.8 Å². The summed E-state index contributed by atoms with van der Waals surface area (Å²) in [6.45, 7) is 1.93. The lowest BCUT2D eigenvalue weighted by molar-refractivity contribution is 0.0993. The van der Waals surface area contributed by atoms with Crippen molar-refractivity contribution in [1.82, 2.24) is 0 Å². The Hall–Kier alpha value is -3.72. The third-order valence-electron chi connectivity index (χ3n) is 5.12. The largest absolute Gasteiger partial charge is 0.497 e. The number of amides is 1. The molecule has 0 fully saturated rings. The Bertz CT molecular complexity index is 1320. The highest BCUT2D eigenvalue weighted by Crippen LogP contribution is 2.40. The van der Waals surface area contributed by atoms with Crippen LogP contribution in [-0.2, 0) is 10.0 Å². The maximum absolute atomic E-state index is 13.1. The number of sulfonamides is 1. The third-order valence-corrected chi connectivity index (χ3v) is 6.54. The number of methoxy groups -OCH3 is 2. The van der Waals surface area contributed by atoms with Gasteiger partial charge in [-0.1, -0.05) is 6.07 Å². The summed E-state index contributed by atoms with van der Waals surface area (Å²) in [6.07, 6.45) is 0. The van der Waals surface area contributed by atoms with E-state index >= 15 is 0 Å². The molecule has 3 aromatic carbocycles. The van der Waals surface area contributed by atoms with Gasteiger partial charge in [0.1, 0.15) is 22.1 Å². The number of carbonyl (C=O) groups is 1. The van der Waals surface area contributed by atoms with Crippen LogP contribution in [0.25, 0.3) is 0 Å². The molecule has 1 amide bonds. The number of rotatable bonds is 5. The van der Waals surface area contributed by atoms with Gasteiger partial charge in [-0.2, -0.15) is 0 Å². The van der Waals surface area contributed by atoms with Crippen LogP contribution >= 0.6 is 0 Å². The second-order valence-corrected chi connectivity index (χ2v) is 8.92. The first-order valence-electron chi connectivity index (χ1n) is 9.69. The molecule has 0 radical (unpaired) electrons. The highest BCUT2D eigenvalue weighted by Gasteiger charge is 2.27. The molecule has 1 aliphatic heterocycles. The van der Waals surface area contributed by atoms with E-state index in [0.29, 0.717) is 22.9 Å². The highest BCUT2D eigenvalue weighted by molar-refractivity contribution is 7.92. The van der Waals surface area contributed by atoms with E-state index in [1.165, 1.54) is 43.4 Å². The number of hydrogen-bond donors (Lipinski definition) is 1. The molecular formula is C23H22N2O6S. The minimum Gasteiger partial charge on any atom is -0.497 e. The maximum atomic E-state index is 13.1. The minimum atomic E-state index is -4.00. The van der Waals surface area contributed by atoms with Gasteiger partial charge in [-0.3, -0.25) is 9.52 Å². The van der Waals surface area contributed by atoms with E-state index in [2.05, 4.69) is 4.72 Å². The SMILES string of the molecule is COc1ccc(S(=O)(=O)Nc2ccc3c(c2)C(=O)N(C)c2cc(C)ccc2O3)c(OC)c1. The lowest BCUT2D eigenvalue weighted by Crippen LogP contribution is -2.25. The van der Waals surface area contributed by atoms with Gasteiger partial charge in [0.05, 0.1) is 25.5 Å². The summed E-state index contributed by atoms with van der Waals surface area (Å²) in [5.74, 6) is 1.17. The zero-order valence-corrected chi connectivity index (χ0v) is 18.8. The van der Waals surface area contributed by atoms with Crippen molar-refractivity contribution < 1.29 is 27.4 Å². The summed E-state index contributed by atoms with van der Waals surface area (Å²) in [4.78, 5) is 14.5. The Kier molecular flexibility index (Phi) is 5.43. The number of fused-ring (bicyclic) bond motifs is 2. The van der Waals surface area contributed by atoms with Crippen molar-refractivity contribution in [2.75, 3.05) is 30.9 Å². The monoisotopic (exact) mass is 454 g/mol. The van der Waals surface area contributed by atoms with Crippen LogP contribution in [-0.4, -0.2) is 35.6 Å². The number of nitrogens with zero attached hydrogens (tertiary/aromatic N) is 1. The molecule has 32 heavy (non-hydrogen) atoms. The first-order chi connectivity index (χ1) is 15.2. The van der Waals surface area contributed by atoms with Gasteiger partial charge in [0.25, 0.3) is 15.9 Å². The number of hydrogen-bond acceptors (Lipinski definition) is 6. The number of benzene rings is 3. The van der Waals surface area contributed by atoms with Crippen LogP contribution < -0.4 is 23.8 Å². The molecule has 1 heterocycles. The summed E-state index contributed by atoms with van der Waals surface area (Å²) >= 11 is 0. The third kappa shape index (κ3) is 3.82. The molecular weight excluding hydrogens is 432 g/mol. The smallest absolute Gasteiger partial charge is 0.265 e. The quantitative estimate of drug-likeness (QED) is 0.621. The molecule has 1 N–H and O–H groups in total. The van der Waals surface area contributed by atoms with E-state index in [4.69, 9.17) is 14.2 Å². The predicted octanol–water partition coefficient (Wildman–Crippen LogP) is 4.20. The van der Waals surface area contributed by atoms with Crippen LogP contribution in [0, 0.1) is 6.92 Å². The van der Waals surface area contributed by atoms with Crippen molar-refractivity contribution in [1.29, 1.82) is 0 Å². The van der Waals surface area contributed by atoms with Crippen LogP contribution in [0.1, 0.15) is 15.9 Å². The van der Waals surface area contributed by atoms with Crippen molar-refractivity contribution in [2.24, 2.45) is 0 Å².